The number of carbonyl (C=O) groups excluding carboxylic acids is 1. The molecule has 2 fully saturated rings. The predicted octanol–water partition coefficient (Wildman–Crippen LogP) is 3.03. The van der Waals surface area contributed by atoms with Crippen molar-refractivity contribution in [2.45, 2.75) is 82.1 Å². The van der Waals surface area contributed by atoms with E-state index in [0.29, 0.717) is 0 Å². The molecule has 2 aromatic carbocycles. The van der Waals surface area contributed by atoms with Crippen molar-refractivity contribution in [1.82, 2.24) is 10.2 Å². The van der Waals surface area contributed by atoms with Crippen molar-refractivity contribution in [2.24, 2.45) is 5.73 Å². The van der Waals surface area contributed by atoms with E-state index in [4.69, 9.17) is 30.8 Å². The van der Waals surface area contributed by atoms with Gasteiger partial charge in [-0.1, -0.05) is 87.4 Å². The van der Waals surface area contributed by atoms with E-state index >= 15 is 0 Å². The third kappa shape index (κ3) is 4.49. The highest BCUT2D eigenvalue weighted by atomic mass is 28.4. The fourth-order valence-corrected chi connectivity index (χ4v) is 11.0. The number of terminal acetylenes is 1. The van der Waals surface area contributed by atoms with Gasteiger partial charge in [0.05, 0.1) is 12.8 Å². The highest BCUT2D eigenvalue weighted by Gasteiger charge is 2.71. The number of benzene rings is 2. The number of nitrogens with two attached hydrogens (primary N) is 1. The quantitative estimate of drug-likeness (QED) is 0.416. The summed E-state index contributed by atoms with van der Waals surface area (Å²) in [5.74, 6) is 1.93. The predicted molar refractivity (Wildman–Crippen MR) is 156 cm³/mol. The summed E-state index contributed by atoms with van der Waals surface area (Å²) in [4.78, 5) is 14.5. The van der Waals surface area contributed by atoms with Crippen molar-refractivity contribution in [3.05, 3.63) is 72.9 Å². The lowest BCUT2D eigenvalue weighted by Gasteiger charge is -2.45. The zero-order valence-electron chi connectivity index (χ0n) is 24.0. The first kappa shape index (κ1) is 28.6. The number of amides is 2. The molecule has 8 nitrogen and oxygen atoms in total. The lowest BCUT2D eigenvalue weighted by molar-refractivity contribution is -0.229. The van der Waals surface area contributed by atoms with E-state index < -0.39 is 49.8 Å². The van der Waals surface area contributed by atoms with Gasteiger partial charge in [-0.15, -0.1) is 6.42 Å². The molecule has 5 rings (SSSR count). The van der Waals surface area contributed by atoms with Gasteiger partial charge in [0.15, 0.2) is 17.6 Å². The van der Waals surface area contributed by atoms with Crippen molar-refractivity contribution >= 4 is 24.7 Å². The van der Waals surface area contributed by atoms with Crippen molar-refractivity contribution < 1.29 is 23.4 Å². The van der Waals surface area contributed by atoms with Crippen molar-refractivity contribution in [1.29, 1.82) is 0 Å². The number of fused-ring (bicyclic) bond motifs is 1. The van der Waals surface area contributed by atoms with E-state index in [1.165, 1.54) is 4.90 Å². The Bertz CT molecular complexity index is 1280. The zero-order chi connectivity index (χ0) is 29.0. The Morgan fingerprint density at radius 3 is 2.12 bits per heavy atom. The second-order valence-corrected chi connectivity index (χ2v) is 16.7. The Morgan fingerprint density at radius 1 is 1.05 bits per heavy atom. The fraction of sp³-hybridized carbons (Fsp3) is 0.452. The van der Waals surface area contributed by atoms with Crippen LogP contribution in [0.4, 0.5) is 4.79 Å². The molecule has 5 atom stereocenters. The monoisotopic (exact) mass is 561 g/mol. The van der Waals surface area contributed by atoms with Crippen LogP contribution < -0.4 is 21.4 Å². The van der Waals surface area contributed by atoms with E-state index in [1.807, 2.05) is 57.2 Å². The molecule has 1 unspecified atom stereocenters. The van der Waals surface area contributed by atoms with E-state index in [9.17, 15) is 4.79 Å². The maximum Gasteiger partial charge on any atom is 0.325 e. The van der Waals surface area contributed by atoms with Crippen molar-refractivity contribution in [3.63, 3.8) is 0 Å². The second kappa shape index (κ2) is 9.84. The molecular weight excluding hydrogens is 522 g/mol. The number of hydrogen-bond acceptors (Lipinski definition) is 6. The second-order valence-electron chi connectivity index (χ2n) is 12.4. The normalized spacial score (nSPS) is 31.5. The van der Waals surface area contributed by atoms with Gasteiger partial charge in [-0.05, 0) is 42.3 Å². The maximum atomic E-state index is 13.0. The number of ether oxygens (including phenoxy) is 3. The van der Waals surface area contributed by atoms with Crippen molar-refractivity contribution in [2.75, 3.05) is 6.61 Å². The molecule has 0 radical (unpaired) electrons. The minimum atomic E-state index is -2.96. The van der Waals surface area contributed by atoms with Gasteiger partial charge in [0, 0.05) is 6.20 Å². The van der Waals surface area contributed by atoms with Crippen LogP contribution in [0.5, 0.6) is 0 Å². The number of hydrogen-bond donors (Lipinski definition) is 2. The van der Waals surface area contributed by atoms with Gasteiger partial charge in [0.2, 0.25) is 0 Å². The smallest absolute Gasteiger partial charge is 0.325 e. The summed E-state index contributed by atoms with van der Waals surface area (Å²) >= 11 is 0. The summed E-state index contributed by atoms with van der Waals surface area (Å²) in [6.07, 6.45) is 7.39. The molecule has 0 bridgehead atoms. The van der Waals surface area contributed by atoms with Gasteiger partial charge < -0.3 is 29.7 Å². The van der Waals surface area contributed by atoms with Crippen LogP contribution in [0.15, 0.2) is 72.9 Å². The van der Waals surface area contributed by atoms with E-state index in [1.54, 1.807) is 12.3 Å². The van der Waals surface area contributed by atoms with Crippen LogP contribution in [-0.4, -0.2) is 61.3 Å². The number of nitrogens with one attached hydrogen (secondary N) is 1. The first-order valence-corrected chi connectivity index (χ1v) is 15.5. The third-order valence-corrected chi connectivity index (χ3v) is 13.0. The van der Waals surface area contributed by atoms with Crippen LogP contribution in [0, 0.1) is 12.3 Å². The molecule has 212 valence electrons. The van der Waals surface area contributed by atoms with Crippen LogP contribution >= 0.6 is 0 Å². The number of nitrogens with zero attached hydrogens (tertiary/aromatic N) is 1. The molecule has 3 N–H and O–H groups in total. The van der Waals surface area contributed by atoms with E-state index in [2.05, 4.69) is 56.3 Å². The zero-order valence-corrected chi connectivity index (χ0v) is 25.0. The van der Waals surface area contributed by atoms with Gasteiger partial charge in [-0.25, -0.2) is 4.79 Å². The van der Waals surface area contributed by atoms with Crippen LogP contribution in [-0.2, 0) is 18.6 Å². The summed E-state index contributed by atoms with van der Waals surface area (Å²) in [6.45, 7) is 12.2. The maximum absolute atomic E-state index is 13.0. The minimum Gasteiger partial charge on any atom is -0.403 e. The third-order valence-electron chi connectivity index (χ3n) is 8.02. The topological polar surface area (TPSA) is 95.3 Å². The SMILES string of the molecule is C#C[C@]1(CO[Si](c2ccccc2)(c2ccccc2)C(C)(C)C)O[C@@H](N2C=CC(N)NC2=O)[C@]2(C)OC(C)(C)O[C@@H]21. The average Bonchev–Trinajstić information content (AvgIpc) is 3.29. The Balaban J connectivity index is 1.60. The molecule has 2 amide bonds. The number of rotatable bonds is 6. The van der Waals surface area contributed by atoms with Gasteiger partial charge in [0.1, 0.15) is 11.7 Å². The molecular formula is C31H39N3O5Si. The van der Waals surface area contributed by atoms with Crippen molar-refractivity contribution in [3.8, 4) is 12.3 Å². The molecule has 2 aromatic rings. The van der Waals surface area contributed by atoms with Crippen LogP contribution in [0.2, 0.25) is 5.04 Å². The van der Waals surface area contributed by atoms with Crippen LogP contribution in [0.25, 0.3) is 0 Å². The summed E-state index contributed by atoms with van der Waals surface area (Å²) in [7, 11) is -2.96. The van der Waals surface area contributed by atoms with Gasteiger partial charge in [0.25, 0.3) is 8.32 Å². The summed E-state index contributed by atoms with van der Waals surface area (Å²) < 4.78 is 26.8. The molecule has 40 heavy (non-hydrogen) atoms. The largest absolute Gasteiger partial charge is 0.403 e. The highest BCUT2D eigenvalue weighted by molar-refractivity contribution is 6.99. The lowest BCUT2D eigenvalue weighted by atomic mass is 9.88. The Hall–Kier alpha value is -2.97. The number of urea groups is 1. The Morgan fingerprint density at radius 2 is 1.62 bits per heavy atom. The molecule has 0 aliphatic carbocycles. The number of carbonyl (C=O) groups is 1. The molecule has 0 aromatic heterocycles. The molecule has 2 saturated heterocycles. The summed E-state index contributed by atoms with van der Waals surface area (Å²) in [5, 5.41) is 4.68. The summed E-state index contributed by atoms with van der Waals surface area (Å²) in [6, 6.07) is 20.2. The van der Waals surface area contributed by atoms with E-state index in [-0.39, 0.29) is 11.6 Å². The summed E-state index contributed by atoms with van der Waals surface area (Å²) in [5.41, 5.74) is 3.46. The average molecular weight is 562 g/mol. The standard InChI is InChI=1S/C31H39N3O5Si/c1-8-31(21-36-40(28(2,3)4,22-15-11-9-12-16-22)23-17-13-10-14-18-23)25-30(7,39-29(5,6)37-25)26(38-31)34-20-19-24(32)33-27(34)35/h1,9-20,24-26H,21,32H2,2-7H3,(H,33,35)/t24?,25-,26+,30+,31+/m0/s1. The lowest BCUT2D eigenvalue weighted by Crippen LogP contribution is -2.68. The van der Waals surface area contributed by atoms with Gasteiger partial charge >= 0.3 is 6.03 Å². The first-order chi connectivity index (χ1) is 18.8. The first-order valence-electron chi connectivity index (χ1n) is 13.6. The fourth-order valence-electron chi connectivity index (χ4n) is 6.40. The van der Waals surface area contributed by atoms with Crippen LogP contribution in [0.1, 0.15) is 41.5 Å². The van der Waals surface area contributed by atoms with Gasteiger partial charge in [-0.3, -0.25) is 4.90 Å². The molecule has 0 saturated carbocycles. The molecule has 0 spiro atoms. The molecule has 3 aliphatic heterocycles. The van der Waals surface area contributed by atoms with E-state index in [0.717, 1.165) is 10.4 Å². The Kier molecular flexibility index (Phi) is 7.02. The molecule has 3 heterocycles. The minimum absolute atomic E-state index is 0.0334. The molecule has 9 heteroatoms. The van der Waals surface area contributed by atoms with Gasteiger partial charge in [-0.2, -0.15) is 0 Å². The van der Waals surface area contributed by atoms with Crippen LogP contribution in [0.3, 0.4) is 0 Å². The highest BCUT2D eigenvalue weighted by Crippen LogP contribution is 2.52. The molecule has 3 aliphatic rings. The Labute approximate surface area is 237 Å².